The summed E-state index contributed by atoms with van der Waals surface area (Å²) in [6.07, 6.45) is 0.143. The van der Waals surface area contributed by atoms with Crippen molar-refractivity contribution < 1.29 is 18.3 Å². The molecule has 1 rings (SSSR count). The molecule has 0 aliphatic rings. The highest BCUT2D eigenvalue weighted by Gasteiger charge is 2.24. The fourth-order valence-corrected chi connectivity index (χ4v) is 2.85. The fourth-order valence-electron chi connectivity index (χ4n) is 1.49. The van der Waals surface area contributed by atoms with Crippen LogP contribution in [0.15, 0.2) is 23.1 Å². The molecule has 0 aliphatic carbocycles. The van der Waals surface area contributed by atoms with Gasteiger partial charge in [-0.05, 0) is 37.1 Å². The van der Waals surface area contributed by atoms with Gasteiger partial charge in [-0.1, -0.05) is 6.92 Å². The Balaban J connectivity index is 3.11. The Morgan fingerprint density at radius 2 is 2.16 bits per heavy atom. The molecular formula is C12H14N2O4S. The van der Waals surface area contributed by atoms with Crippen LogP contribution in [-0.2, 0) is 14.8 Å². The first-order chi connectivity index (χ1) is 8.81. The zero-order valence-corrected chi connectivity index (χ0v) is 11.4. The Kier molecular flexibility index (Phi) is 4.64. The van der Waals surface area contributed by atoms with Crippen LogP contribution in [0.5, 0.6) is 0 Å². The average molecular weight is 282 g/mol. The van der Waals surface area contributed by atoms with Crippen molar-refractivity contribution in [1.82, 2.24) is 4.72 Å². The second-order valence-corrected chi connectivity index (χ2v) is 5.72. The molecule has 0 saturated carbocycles. The number of hydrogen-bond donors (Lipinski definition) is 2. The molecular weight excluding hydrogens is 268 g/mol. The van der Waals surface area contributed by atoms with E-state index in [-0.39, 0.29) is 11.3 Å². The minimum Gasteiger partial charge on any atom is -0.480 e. The third-order valence-corrected chi connectivity index (χ3v) is 4.10. The van der Waals surface area contributed by atoms with Crippen LogP contribution in [0, 0.1) is 18.3 Å². The molecule has 0 amide bonds. The highest BCUT2D eigenvalue weighted by Crippen LogP contribution is 2.15. The van der Waals surface area contributed by atoms with Crippen molar-refractivity contribution >= 4 is 16.0 Å². The fraction of sp³-hybridized carbons (Fsp3) is 0.333. The van der Waals surface area contributed by atoms with Gasteiger partial charge in [-0.3, -0.25) is 4.79 Å². The number of carboxylic acids is 1. The Morgan fingerprint density at radius 3 is 2.58 bits per heavy atom. The summed E-state index contributed by atoms with van der Waals surface area (Å²) in [6, 6.07) is 4.79. The predicted octanol–water partition coefficient (Wildman–Crippen LogP) is 1.01. The Bertz CT molecular complexity index is 632. The van der Waals surface area contributed by atoms with Gasteiger partial charge in [0.2, 0.25) is 10.0 Å². The number of aryl methyl sites for hydroxylation is 1. The van der Waals surface area contributed by atoms with Crippen LogP contribution in [0.25, 0.3) is 0 Å². The molecule has 102 valence electrons. The number of nitrogens with one attached hydrogen (secondary N) is 1. The predicted molar refractivity (Wildman–Crippen MR) is 67.9 cm³/mol. The molecule has 6 nitrogen and oxygen atoms in total. The van der Waals surface area contributed by atoms with E-state index in [0.29, 0.717) is 11.1 Å². The molecule has 1 aromatic carbocycles. The van der Waals surface area contributed by atoms with Crippen molar-refractivity contribution in [3.05, 3.63) is 29.3 Å². The number of hydrogen-bond acceptors (Lipinski definition) is 4. The van der Waals surface area contributed by atoms with Crippen molar-refractivity contribution in [3.63, 3.8) is 0 Å². The molecule has 0 unspecified atom stereocenters. The summed E-state index contributed by atoms with van der Waals surface area (Å²) in [5.74, 6) is -1.23. The molecule has 1 atom stereocenters. The van der Waals surface area contributed by atoms with E-state index in [1.165, 1.54) is 18.2 Å². The van der Waals surface area contributed by atoms with Crippen LogP contribution in [0.2, 0.25) is 0 Å². The number of nitriles is 1. The summed E-state index contributed by atoms with van der Waals surface area (Å²) < 4.78 is 26.1. The van der Waals surface area contributed by atoms with E-state index < -0.39 is 22.0 Å². The van der Waals surface area contributed by atoms with Gasteiger partial charge in [-0.15, -0.1) is 0 Å². The number of nitrogens with zero attached hydrogens (tertiary/aromatic N) is 1. The van der Waals surface area contributed by atoms with Crippen molar-refractivity contribution in [2.75, 3.05) is 0 Å². The Hall–Kier alpha value is -1.91. The lowest BCUT2D eigenvalue weighted by atomic mass is 10.1. The topological polar surface area (TPSA) is 107 Å². The van der Waals surface area contributed by atoms with E-state index in [4.69, 9.17) is 10.4 Å². The van der Waals surface area contributed by atoms with Crippen LogP contribution in [-0.4, -0.2) is 25.5 Å². The third-order valence-electron chi connectivity index (χ3n) is 2.63. The van der Waals surface area contributed by atoms with Gasteiger partial charge in [-0.2, -0.15) is 9.98 Å². The molecule has 19 heavy (non-hydrogen) atoms. The maximum atomic E-state index is 12.0. The number of rotatable bonds is 5. The molecule has 0 spiro atoms. The summed E-state index contributed by atoms with van der Waals surface area (Å²) in [7, 11) is -3.90. The van der Waals surface area contributed by atoms with Gasteiger partial charge in [0.15, 0.2) is 0 Å². The van der Waals surface area contributed by atoms with Crippen molar-refractivity contribution in [2.24, 2.45) is 0 Å². The summed E-state index contributed by atoms with van der Waals surface area (Å²) in [4.78, 5) is 10.8. The molecule has 1 aromatic rings. The van der Waals surface area contributed by atoms with Crippen LogP contribution >= 0.6 is 0 Å². The highest BCUT2D eigenvalue weighted by atomic mass is 32.2. The monoisotopic (exact) mass is 282 g/mol. The van der Waals surface area contributed by atoms with Crippen LogP contribution < -0.4 is 4.72 Å². The van der Waals surface area contributed by atoms with E-state index in [1.807, 2.05) is 6.07 Å². The minimum atomic E-state index is -3.90. The van der Waals surface area contributed by atoms with Crippen molar-refractivity contribution in [1.29, 1.82) is 5.26 Å². The molecule has 2 N–H and O–H groups in total. The molecule has 0 bridgehead atoms. The summed E-state index contributed by atoms with van der Waals surface area (Å²) in [5.41, 5.74) is 0.901. The number of carboxylic acid groups (broad SMARTS) is 1. The van der Waals surface area contributed by atoms with Gasteiger partial charge in [0.1, 0.15) is 6.04 Å². The lowest BCUT2D eigenvalue weighted by Crippen LogP contribution is -2.40. The first-order valence-corrected chi connectivity index (χ1v) is 7.06. The second-order valence-electron chi connectivity index (χ2n) is 4.01. The normalized spacial score (nSPS) is 12.7. The van der Waals surface area contributed by atoms with E-state index in [0.717, 1.165) is 0 Å². The third kappa shape index (κ3) is 3.53. The number of carbonyl (C=O) groups is 1. The van der Waals surface area contributed by atoms with E-state index in [9.17, 15) is 13.2 Å². The molecule has 0 fully saturated rings. The van der Waals surface area contributed by atoms with Crippen LogP contribution in [0.4, 0.5) is 0 Å². The number of sulfonamides is 1. The van der Waals surface area contributed by atoms with Crippen molar-refractivity contribution in [2.45, 2.75) is 31.2 Å². The molecule has 0 radical (unpaired) electrons. The maximum absolute atomic E-state index is 12.0. The highest BCUT2D eigenvalue weighted by molar-refractivity contribution is 7.89. The smallest absolute Gasteiger partial charge is 0.321 e. The number of aliphatic carboxylic acids is 1. The minimum absolute atomic E-state index is 0.0521. The quantitative estimate of drug-likeness (QED) is 0.838. The average Bonchev–Trinajstić information content (AvgIpc) is 2.35. The molecule has 0 aliphatic heterocycles. The van der Waals surface area contributed by atoms with Gasteiger partial charge in [0.25, 0.3) is 0 Å². The second kappa shape index (κ2) is 5.82. The molecule has 0 aromatic heterocycles. The summed E-state index contributed by atoms with van der Waals surface area (Å²) >= 11 is 0. The van der Waals surface area contributed by atoms with Gasteiger partial charge in [-0.25, -0.2) is 8.42 Å². The van der Waals surface area contributed by atoms with E-state index in [1.54, 1.807) is 13.8 Å². The zero-order chi connectivity index (χ0) is 14.6. The lowest BCUT2D eigenvalue weighted by Gasteiger charge is -2.13. The van der Waals surface area contributed by atoms with Gasteiger partial charge in [0.05, 0.1) is 16.5 Å². The zero-order valence-electron chi connectivity index (χ0n) is 10.5. The molecule has 7 heteroatoms. The standard InChI is InChI=1S/C12H14N2O4S/c1-3-11(12(15)16)14-19(17,18)10-5-4-9(7-13)8(2)6-10/h4-6,11,14H,3H2,1-2H3,(H,15,16)/t11-/m1/s1. The van der Waals surface area contributed by atoms with Crippen LogP contribution in [0.3, 0.4) is 0 Å². The molecule has 0 saturated heterocycles. The van der Waals surface area contributed by atoms with Gasteiger partial charge in [0, 0.05) is 0 Å². The first kappa shape index (κ1) is 15.1. The van der Waals surface area contributed by atoms with E-state index >= 15 is 0 Å². The van der Waals surface area contributed by atoms with E-state index in [2.05, 4.69) is 4.72 Å². The van der Waals surface area contributed by atoms with Crippen LogP contribution in [0.1, 0.15) is 24.5 Å². The Morgan fingerprint density at radius 1 is 1.53 bits per heavy atom. The summed E-state index contributed by atoms with van der Waals surface area (Å²) in [6.45, 7) is 3.19. The largest absolute Gasteiger partial charge is 0.480 e. The molecule has 0 heterocycles. The lowest BCUT2D eigenvalue weighted by molar-refractivity contribution is -0.139. The van der Waals surface area contributed by atoms with Gasteiger partial charge >= 0.3 is 5.97 Å². The summed E-state index contributed by atoms with van der Waals surface area (Å²) in [5, 5.41) is 17.6. The SMILES string of the molecule is CC[C@@H](NS(=O)(=O)c1ccc(C#N)c(C)c1)C(=O)O. The van der Waals surface area contributed by atoms with Crippen molar-refractivity contribution in [3.8, 4) is 6.07 Å². The first-order valence-electron chi connectivity index (χ1n) is 5.57. The Labute approximate surface area is 111 Å². The maximum Gasteiger partial charge on any atom is 0.321 e. The number of benzene rings is 1. The van der Waals surface area contributed by atoms with Gasteiger partial charge < -0.3 is 5.11 Å².